The van der Waals surface area contributed by atoms with Crippen molar-refractivity contribution >= 4 is 17.4 Å². The molecule has 1 aliphatic heterocycles. The summed E-state index contributed by atoms with van der Waals surface area (Å²) in [5.74, 6) is 0.437. The highest BCUT2D eigenvalue weighted by molar-refractivity contribution is 6.03. The first-order valence-electron chi connectivity index (χ1n) is 6.86. The first-order valence-corrected chi connectivity index (χ1v) is 6.86. The van der Waals surface area contributed by atoms with Crippen LogP contribution in [0.4, 0.5) is 11.5 Å². The highest BCUT2D eigenvalue weighted by Gasteiger charge is 2.33. The minimum absolute atomic E-state index is 0.172. The Labute approximate surface area is 123 Å². The Balaban J connectivity index is 2.23. The largest absolute Gasteiger partial charge is 0.784 e. The third kappa shape index (κ3) is 2.12. The van der Waals surface area contributed by atoms with Gasteiger partial charge in [0.15, 0.2) is 0 Å². The predicted molar refractivity (Wildman–Crippen MR) is 79.9 cm³/mol. The van der Waals surface area contributed by atoms with Crippen LogP contribution < -0.4 is 4.90 Å². The van der Waals surface area contributed by atoms with E-state index in [1.807, 2.05) is 37.3 Å². The molecule has 1 unspecified atom stereocenters. The Bertz CT molecular complexity index is 680. The number of benzene rings is 1. The second-order valence-corrected chi connectivity index (χ2v) is 5.27. The third-order valence-corrected chi connectivity index (χ3v) is 3.86. The molecule has 2 aromatic rings. The second kappa shape index (κ2) is 4.98. The fourth-order valence-electron chi connectivity index (χ4n) is 2.69. The third-order valence-electron chi connectivity index (χ3n) is 3.86. The summed E-state index contributed by atoms with van der Waals surface area (Å²) in [7, 11) is 1.79. The molecule has 0 radical (unpaired) electrons. The molecule has 1 aliphatic rings. The Morgan fingerprint density at radius 1 is 1.29 bits per heavy atom. The van der Waals surface area contributed by atoms with E-state index in [0.29, 0.717) is 5.82 Å². The monoisotopic (exact) mass is 285 g/mol. The van der Waals surface area contributed by atoms with Crippen LogP contribution in [0.15, 0.2) is 30.3 Å². The molecule has 1 amide bonds. The summed E-state index contributed by atoms with van der Waals surface area (Å²) in [6, 6.07) is 8.63. The van der Waals surface area contributed by atoms with Crippen LogP contribution in [0.25, 0.3) is 0 Å². The highest BCUT2D eigenvalue weighted by atomic mass is 16.5. The fourth-order valence-corrected chi connectivity index (χ4v) is 2.69. The highest BCUT2D eigenvalue weighted by Crippen LogP contribution is 2.34. The number of anilines is 2. The van der Waals surface area contributed by atoms with Crippen LogP contribution in [0.2, 0.25) is 0 Å². The summed E-state index contributed by atoms with van der Waals surface area (Å²) in [5, 5.41) is 17.3. The molecule has 21 heavy (non-hydrogen) atoms. The van der Waals surface area contributed by atoms with Gasteiger partial charge in [-0.15, -0.1) is 0 Å². The van der Waals surface area contributed by atoms with E-state index in [1.54, 1.807) is 23.6 Å². The molecule has 0 spiro atoms. The molecule has 0 fully saturated rings. The molecule has 3 rings (SSSR count). The second-order valence-electron chi connectivity index (χ2n) is 5.27. The van der Waals surface area contributed by atoms with Gasteiger partial charge in [-0.3, -0.25) is 14.4 Å². The van der Waals surface area contributed by atoms with Gasteiger partial charge in [-0.05, 0) is 26.0 Å². The minimum Gasteiger partial charge on any atom is -0.784 e. The van der Waals surface area contributed by atoms with E-state index in [0.717, 1.165) is 22.0 Å². The quantitative estimate of drug-likeness (QED) is 0.805. The standard InChI is InChI=1S/C15H17N4O2/c1-10-13-9-18(21)11(2)15(20)19(14(13)17(3)16-10)12-7-5-4-6-8-12/h4-8,11H,9H2,1-3H3/q-1. The summed E-state index contributed by atoms with van der Waals surface area (Å²) < 4.78 is 1.67. The molecule has 1 aromatic carbocycles. The maximum atomic E-state index is 12.7. The van der Waals surface area contributed by atoms with Crippen molar-refractivity contribution in [2.45, 2.75) is 26.4 Å². The molecule has 6 nitrogen and oxygen atoms in total. The van der Waals surface area contributed by atoms with Gasteiger partial charge in [0.05, 0.1) is 17.4 Å². The molecule has 0 bridgehead atoms. The number of carbonyl (C=O) groups is 1. The smallest absolute Gasteiger partial charge is 0.248 e. The van der Waals surface area contributed by atoms with Gasteiger partial charge in [0.25, 0.3) is 0 Å². The lowest BCUT2D eigenvalue weighted by Gasteiger charge is -2.32. The number of carbonyl (C=O) groups excluding carboxylic acids is 1. The van der Waals surface area contributed by atoms with Gasteiger partial charge >= 0.3 is 0 Å². The molecule has 6 heteroatoms. The summed E-state index contributed by atoms with van der Waals surface area (Å²) >= 11 is 0. The van der Waals surface area contributed by atoms with Crippen molar-refractivity contribution in [3.05, 3.63) is 46.8 Å². The van der Waals surface area contributed by atoms with E-state index < -0.39 is 6.04 Å². The molecular formula is C15H17N4O2-. The average Bonchev–Trinajstić information content (AvgIpc) is 2.69. The number of hydroxylamine groups is 2. The first-order chi connectivity index (χ1) is 10.0. The fraction of sp³-hybridized carbons (Fsp3) is 0.333. The Morgan fingerprint density at radius 2 is 1.95 bits per heavy atom. The van der Waals surface area contributed by atoms with E-state index >= 15 is 0 Å². The van der Waals surface area contributed by atoms with Gasteiger partial charge in [0.1, 0.15) is 5.82 Å². The van der Waals surface area contributed by atoms with Gasteiger partial charge in [-0.1, -0.05) is 18.2 Å². The normalized spacial score (nSPS) is 19.5. The summed E-state index contributed by atoms with van der Waals surface area (Å²) in [6.07, 6.45) is 0. The lowest BCUT2D eigenvalue weighted by Crippen LogP contribution is -2.41. The van der Waals surface area contributed by atoms with E-state index in [-0.39, 0.29) is 12.5 Å². The van der Waals surface area contributed by atoms with E-state index in [4.69, 9.17) is 0 Å². The van der Waals surface area contributed by atoms with Gasteiger partial charge in [-0.25, -0.2) is 0 Å². The number of hydrogen-bond acceptors (Lipinski definition) is 4. The number of nitrogens with zero attached hydrogens (tertiary/aromatic N) is 4. The Kier molecular flexibility index (Phi) is 3.27. The maximum Gasteiger partial charge on any atom is 0.248 e. The number of aryl methyl sites for hydroxylation is 2. The lowest BCUT2D eigenvalue weighted by atomic mass is 10.2. The Morgan fingerprint density at radius 3 is 2.62 bits per heavy atom. The van der Waals surface area contributed by atoms with Crippen LogP contribution in [-0.2, 0) is 18.4 Å². The van der Waals surface area contributed by atoms with Crippen molar-refractivity contribution in [3.63, 3.8) is 0 Å². The average molecular weight is 285 g/mol. The van der Waals surface area contributed by atoms with Crippen molar-refractivity contribution in [1.82, 2.24) is 14.8 Å². The van der Waals surface area contributed by atoms with E-state index in [9.17, 15) is 10.0 Å². The number of hydrogen-bond donors (Lipinski definition) is 0. The minimum atomic E-state index is -0.725. The van der Waals surface area contributed by atoms with Crippen LogP contribution in [0.1, 0.15) is 18.2 Å². The van der Waals surface area contributed by atoms with Crippen molar-refractivity contribution in [3.8, 4) is 0 Å². The van der Waals surface area contributed by atoms with Crippen LogP contribution in [0.3, 0.4) is 0 Å². The van der Waals surface area contributed by atoms with E-state index in [2.05, 4.69) is 5.10 Å². The van der Waals surface area contributed by atoms with Gasteiger partial charge in [0.2, 0.25) is 5.91 Å². The van der Waals surface area contributed by atoms with Crippen molar-refractivity contribution < 1.29 is 4.79 Å². The summed E-state index contributed by atoms with van der Waals surface area (Å²) in [6.45, 7) is 3.67. The summed E-state index contributed by atoms with van der Waals surface area (Å²) in [5.41, 5.74) is 2.32. The number of amides is 1. The van der Waals surface area contributed by atoms with Crippen molar-refractivity contribution in [2.75, 3.05) is 4.90 Å². The van der Waals surface area contributed by atoms with Crippen molar-refractivity contribution in [2.24, 2.45) is 7.05 Å². The zero-order valence-electron chi connectivity index (χ0n) is 12.3. The zero-order chi connectivity index (χ0) is 15.1. The van der Waals surface area contributed by atoms with Crippen molar-refractivity contribution in [1.29, 1.82) is 0 Å². The van der Waals surface area contributed by atoms with Gasteiger partial charge < -0.3 is 10.3 Å². The lowest BCUT2D eigenvalue weighted by molar-refractivity contribution is -0.121. The number of para-hydroxylation sites is 1. The SMILES string of the molecule is Cc1nn(C)c2c1CN([O-])C(C)C(=O)N2c1ccccc1. The molecule has 0 aliphatic carbocycles. The number of fused-ring (bicyclic) bond motifs is 1. The van der Waals surface area contributed by atoms with Crippen LogP contribution in [0, 0.1) is 12.1 Å². The maximum absolute atomic E-state index is 12.7. The van der Waals surface area contributed by atoms with E-state index in [1.165, 1.54) is 0 Å². The molecule has 110 valence electrons. The topological polar surface area (TPSA) is 64.4 Å². The Hall–Kier alpha value is -2.18. The summed E-state index contributed by atoms with van der Waals surface area (Å²) in [4.78, 5) is 14.3. The first kappa shape index (κ1) is 13.8. The molecule has 1 atom stereocenters. The zero-order valence-corrected chi connectivity index (χ0v) is 12.3. The molecular weight excluding hydrogens is 268 g/mol. The number of rotatable bonds is 1. The molecule has 0 saturated carbocycles. The molecule has 0 N–H and O–H groups in total. The molecule has 1 aromatic heterocycles. The van der Waals surface area contributed by atoms with Gasteiger partial charge in [-0.2, -0.15) is 5.10 Å². The van der Waals surface area contributed by atoms with Gasteiger partial charge in [0, 0.05) is 19.2 Å². The van der Waals surface area contributed by atoms with Crippen LogP contribution >= 0.6 is 0 Å². The molecule has 2 heterocycles. The van der Waals surface area contributed by atoms with Crippen LogP contribution in [-0.4, -0.2) is 26.8 Å². The molecule has 0 saturated heterocycles. The van der Waals surface area contributed by atoms with Crippen LogP contribution in [0.5, 0.6) is 0 Å². The number of aromatic nitrogens is 2. The predicted octanol–water partition coefficient (Wildman–Crippen LogP) is 2.10.